The number of carbonyl (C=O) groups excluding carboxylic acids is 1. The van der Waals surface area contributed by atoms with E-state index in [1.54, 1.807) is 0 Å². The van der Waals surface area contributed by atoms with Gasteiger partial charge in [-0.05, 0) is 39.0 Å². The van der Waals surface area contributed by atoms with Gasteiger partial charge in [-0.3, -0.25) is 0 Å². The smallest absolute Gasteiger partial charge is 0.0784 e. The van der Waals surface area contributed by atoms with E-state index in [4.69, 9.17) is 9.90 Å². The summed E-state index contributed by atoms with van der Waals surface area (Å²) in [6.07, 6.45) is 10.1. The normalized spacial score (nSPS) is 18.1. The van der Waals surface area contributed by atoms with Gasteiger partial charge in [-0.25, -0.2) is 0 Å². The fourth-order valence-corrected chi connectivity index (χ4v) is 2.42. The van der Waals surface area contributed by atoms with Gasteiger partial charge in [0.05, 0.1) is 26.7 Å². The van der Waals surface area contributed by atoms with Gasteiger partial charge < -0.3 is 14.4 Å². The zero-order chi connectivity index (χ0) is 13.1. The number of unbranched alkanes of at least 4 members (excludes halogenated alkanes) is 3. The summed E-state index contributed by atoms with van der Waals surface area (Å²) in [5.74, 6) is -1.08. The van der Waals surface area contributed by atoms with Crippen molar-refractivity contribution in [2.75, 3.05) is 26.7 Å². The van der Waals surface area contributed by atoms with E-state index in [1.165, 1.54) is 69.1 Å². The largest absolute Gasteiger partial charge is 0.550 e. The zero-order valence-electron chi connectivity index (χ0n) is 11.8. The average molecular weight is 243 g/mol. The first-order chi connectivity index (χ1) is 8.00. The molecule has 17 heavy (non-hydrogen) atoms. The van der Waals surface area contributed by atoms with Crippen molar-refractivity contribution in [1.29, 1.82) is 0 Å². The lowest BCUT2D eigenvalue weighted by molar-refractivity contribution is -0.914. The topological polar surface area (TPSA) is 40.1 Å². The number of rotatable bonds is 5. The van der Waals surface area contributed by atoms with Crippen LogP contribution in [-0.4, -0.2) is 37.1 Å². The molecule has 0 amide bonds. The van der Waals surface area contributed by atoms with Gasteiger partial charge >= 0.3 is 0 Å². The number of piperidine rings is 1. The third-order valence-corrected chi connectivity index (χ3v) is 3.45. The van der Waals surface area contributed by atoms with Gasteiger partial charge in [0, 0.05) is 5.97 Å². The number of hydrogen-bond acceptors (Lipinski definition) is 2. The molecule has 3 nitrogen and oxygen atoms in total. The first-order valence-electron chi connectivity index (χ1n) is 7.01. The molecular formula is C14H29NO2. The molecule has 1 saturated heterocycles. The van der Waals surface area contributed by atoms with Crippen LogP contribution in [-0.2, 0) is 4.79 Å². The summed E-state index contributed by atoms with van der Waals surface area (Å²) < 4.78 is 1.36. The monoisotopic (exact) mass is 243 g/mol. The van der Waals surface area contributed by atoms with Gasteiger partial charge in [-0.1, -0.05) is 19.8 Å². The molecule has 0 aromatic heterocycles. The molecule has 0 saturated carbocycles. The number of carboxylic acid groups (broad SMARTS) is 1. The van der Waals surface area contributed by atoms with Gasteiger partial charge in [0.15, 0.2) is 0 Å². The summed E-state index contributed by atoms with van der Waals surface area (Å²) in [5.41, 5.74) is 0. The third kappa shape index (κ3) is 10.3. The van der Waals surface area contributed by atoms with Crippen molar-refractivity contribution in [3.8, 4) is 0 Å². The van der Waals surface area contributed by atoms with Gasteiger partial charge in [0.2, 0.25) is 0 Å². The van der Waals surface area contributed by atoms with Crippen LogP contribution < -0.4 is 5.11 Å². The molecule has 0 aromatic carbocycles. The Morgan fingerprint density at radius 2 is 1.65 bits per heavy atom. The average Bonchev–Trinajstić information content (AvgIpc) is 2.25. The third-order valence-electron chi connectivity index (χ3n) is 3.45. The van der Waals surface area contributed by atoms with Crippen molar-refractivity contribution in [2.45, 2.75) is 58.8 Å². The molecular weight excluding hydrogens is 214 g/mol. The van der Waals surface area contributed by atoms with Crippen LogP contribution in [0, 0.1) is 0 Å². The molecule has 0 aliphatic carbocycles. The Morgan fingerprint density at radius 3 is 2.12 bits per heavy atom. The van der Waals surface area contributed by atoms with E-state index in [0.717, 1.165) is 6.92 Å². The lowest BCUT2D eigenvalue weighted by Crippen LogP contribution is -2.48. The predicted octanol–water partition coefficient (Wildman–Crippen LogP) is 1.95. The van der Waals surface area contributed by atoms with Crippen molar-refractivity contribution in [2.24, 2.45) is 0 Å². The van der Waals surface area contributed by atoms with Crippen LogP contribution in [0.2, 0.25) is 0 Å². The fraction of sp³-hybridized carbons (Fsp3) is 0.929. The molecule has 0 atom stereocenters. The molecule has 1 rings (SSSR count). The first kappa shape index (κ1) is 16.4. The summed E-state index contributed by atoms with van der Waals surface area (Å²) in [6.45, 7) is 7.56. The maximum Gasteiger partial charge on any atom is 0.0784 e. The number of aliphatic carboxylic acids is 1. The number of likely N-dealkylation sites (tertiary alicyclic amines) is 1. The van der Waals surface area contributed by atoms with Crippen molar-refractivity contribution in [1.82, 2.24) is 0 Å². The summed E-state index contributed by atoms with van der Waals surface area (Å²) >= 11 is 0. The van der Waals surface area contributed by atoms with Gasteiger partial charge in [0.25, 0.3) is 0 Å². The Hall–Kier alpha value is -0.570. The molecule has 0 aromatic rings. The summed E-state index contributed by atoms with van der Waals surface area (Å²) in [5, 5.41) is 8.89. The molecule has 1 aliphatic heterocycles. The van der Waals surface area contributed by atoms with E-state index < -0.39 is 5.97 Å². The van der Waals surface area contributed by atoms with Crippen molar-refractivity contribution < 1.29 is 14.4 Å². The van der Waals surface area contributed by atoms with Crippen molar-refractivity contribution in [3.05, 3.63) is 0 Å². The molecule has 0 unspecified atom stereocenters. The zero-order valence-corrected chi connectivity index (χ0v) is 11.8. The number of hydrogen-bond donors (Lipinski definition) is 0. The number of carbonyl (C=O) groups is 1. The minimum Gasteiger partial charge on any atom is -0.550 e. The molecule has 3 heteroatoms. The standard InChI is InChI=1S/C12H26N.C2H4O2/c1-3-4-5-7-10-13(2)11-8-6-9-12-13;1-2(3)4/h3-12H2,1-2H3;1H3,(H,3,4)/q+1;/p-1. The second kappa shape index (κ2) is 9.46. The fourth-order valence-electron chi connectivity index (χ4n) is 2.42. The second-order valence-corrected chi connectivity index (χ2v) is 5.40. The van der Waals surface area contributed by atoms with Crippen molar-refractivity contribution >= 4 is 5.97 Å². The highest BCUT2D eigenvalue weighted by Gasteiger charge is 2.23. The number of nitrogens with zero attached hydrogens (tertiary/aromatic N) is 1. The van der Waals surface area contributed by atoms with E-state index in [1.807, 2.05) is 0 Å². The Bertz CT molecular complexity index is 194. The molecule has 0 spiro atoms. The van der Waals surface area contributed by atoms with Gasteiger partial charge in [-0.2, -0.15) is 0 Å². The lowest BCUT2D eigenvalue weighted by atomic mass is 10.1. The van der Waals surface area contributed by atoms with E-state index >= 15 is 0 Å². The minimum atomic E-state index is -1.08. The highest BCUT2D eigenvalue weighted by atomic mass is 16.4. The SMILES string of the molecule is CC(=O)[O-].CCCCCC[N+]1(C)CCCCC1. The van der Waals surface area contributed by atoms with Crippen LogP contribution in [0.25, 0.3) is 0 Å². The van der Waals surface area contributed by atoms with Crippen molar-refractivity contribution in [3.63, 3.8) is 0 Å². The number of quaternary nitrogens is 1. The lowest BCUT2D eigenvalue weighted by Gasteiger charge is -2.37. The molecule has 1 fully saturated rings. The summed E-state index contributed by atoms with van der Waals surface area (Å²) in [6, 6.07) is 0. The van der Waals surface area contributed by atoms with Crippen LogP contribution in [0.1, 0.15) is 58.8 Å². The quantitative estimate of drug-likeness (QED) is 0.547. The summed E-state index contributed by atoms with van der Waals surface area (Å²) in [7, 11) is 2.45. The Morgan fingerprint density at radius 1 is 1.12 bits per heavy atom. The van der Waals surface area contributed by atoms with E-state index in [0.29, 0.717) is 0 Å². The second-order valence-electron chi connectivity index (χ2n) is 5.40. The minimum absolute atomic E-state index is 0.972. The maximum absolute atomic E-state index is 8.89. The van der Waals surface area contributed by atoms with E-state index in [9.17, 15) is 0 Å². The van der Waals surface area contributed by atoms with Crippen LogP contribution in [0.15, 0.2) is 0 Å². The van der Waals surface area contributed by atoms with Crippen LogP contribution in [0.4, 0.5) is 0 Å². The van der Waals surface area contributed by atoms with E-state index in [2.05, 4.69) is 14.0 Å². The first-order valence-corrected chi connectivity index (χ1v) is 7.01. The Labute approximate surface area is 106 Å². The van der Waals surface area contributed by atoms with Gasteiger partial charge in [-0.15, -0.1) is 0 Å². The van der Waals surface area contributed by atoms with E-state index in [-0.39, 0.29) is 0 Å². The Kier molecular flexibility index (Phi) is 9.14. The Balaban J connectivity index is 0.000000557. The molecule has 0 radical (unpaired) electrons. The highest BCUT2D eigenvalue weighted by Crippen LogP contribution is 2.17. The van der Waals surface area contributed by atoms with Crippen LogP contribution in [0.3, 0.4) is 0 Å². The van der Waals surface area contributed by atoms with Gasteiger partial charge in [0.1, 0.15) is 0 Å². The molecule has 1 heterocycles. The van der Waals surface area contributed by atoms with Crippen LogP contribution >= 0.6 is 0 Å². The maximum atomic E-state index is 8.89. The molecule has 0 N–H and O–H groups in total. The molecule has 102 valence electrons. The predicted molar refractivity (Wildman–Crippen MR) is 69.5 cm³/mol. The molecule has 1 aliphatic rings. The number of carboxylic acids is 1. The molecule has 0 bridgehead atoms. The highest BCUT2D eigenvalue weighted by molar-refractivity contribution is 5.60. The summed E-state index contributed by atoms with van der Waals surface area (Å²) in [4.78, 5) is 8.89. The van der Waals surface area contributed by atoms with Crippen LogP contribution in [0.5, 0.6) is 0 Å².